The molecule has 4 aliphatic carbocycles. The van der Waals surface area contributed by atoms with Gasteiger partial charge in [0.15, 0.2) is 0 Å². The van der Waals surface area contributed by atoms with Gasteiger partial charge in [-0.15, -0.1) is 12.6 Å². The van der Waals surface area contributed by atoms with Gasteiger partial charge in [0.25, 0.3) is 0 Å². The van der Waals surface area contributed by atoms with E-state index in [0.717, 1.165) is 49.0 Å². The van der Waals surface area contributed by atoms with E-state index < -0.39 is 0 Å². The average molecular weight is 547 g/mol. The second kappa shape index (κ2) is 13.8. The fourth-order valence-corrected chi connectivity index (χ4v) is 10.2. The second-order valence-electron chi connectivity index (χ2n) is 14.8. The van der Waals surface area contributed by atoms with Gasteiger partial charge < -0.3 is 9.84 Å². The van der Waals surface area contributed by atoms with Gasteiger partial charge in [-0.05, 0) is 111 Å². The maximum atomic E-state index is 10.3. The molecule has 0 spiro atoms. The summed E-state index contributed by atoms with van der Waals surface area (Å²) in [4.78, 5) is 0. The average Bonchev–Trinajstić information content (AvgIpc) is 3.25. The third-order valence-electron chi connectivity index (χ3n) is 12.4. The van der Waals surface area contributed by atoms with Crippen LogP contribution in [-0.4, -0.2) is 23.3 Å². The molecule has 2 nitrogen and oxygen atoms in total. The monoisotopic (exact) mass is 546 g/mol. The summed E-state index contributed by atoms with van der Waals surface area (Å²) >= 11 is 4.82. The summed E-state index contributed by atoms with van der Waals surface area (Å²) < 4.78 is 6.10. The standard InChI is InChI=1S/C35H62O2S/c1-6-7-8-9-10-11-23-37-33(38)26(3)14-12-13-25(2)30-17-18-31-29-16-15-27-24-28(36)19-21-34(27,4)32(29)20-22-35(30,31)5/h15,25-26,28-33,36,38H,6-14,16-24H2,1-5H3/t25-,26?,28+,29+,30-,31+,32+,33?,34+,35-/m1/s1. The van der Waals surface area contributed by atoms with Gasteiger partial charge in [-0.25, -0.2) is 0 Å². The predicted octanol–water partition coefficient (Wildman–Crippen LogP) is 10.0. The van der Waals surface area contributed by atoms with Crippen LogP contribution < -0.4 is 0 Å². The minimum atomic E-state index is -0.0936. The van der Waals surface area contributed by atoms with E-state index in [2.05, 4.69) is 40.7 Å². The van der Waals surface area contributed by atoms with Crippen molar-refractivity contribution in [2.45, 2.75) is 155 Å². The Kier molecular flexibility index (Phi) is 11.2. The molecule has 1 N–H and O–H groups in total. The Balaban J connectivity index is 1.22. The van der Waals surface area contributed by atoms with E-state index in [4.69, 9.17) is 17.4 Å². The lowest BCUT2D eigenvalue weighted by Crippen LogP contribution is -2.50. The van der Waals surface area contributed by atoms with Crippen molar-refractivity contribution in [3.05, 3.63) is 11.6 Å². The highest BCUT2D eigenvalue weighted by molar-refractivity contribution is 7.80. The Bertz CT molecular complexity index is 765. The number of thiol groups is 1. The lowest BCUT2D eigenvalue weighted by Gasteiger charge is -2.58. The van der Waals surface area contributed by atoms with Gasteiger partial charge in [0.2, 0.25) is 0 Å². The third kappa shape index (κ3) is 6.73. The molecule has 0 saturated heterocycles. The number of allylic oxidation sites excluding steroid dienone is 1. The topological polar surface area (TPSA) is 29.5 Å². The van der Waals surface area contributed by atoms with E-state index in [1.54, 1.807) is 5.57 Å². The van der Waals surface area contributed by atoms with Crippen molar-refractivity contribution in [3.8, 4) is 0 Å². The highest BCUT2D eigenvalue weighted by Gasteiger charge is 2.59. The molecule has 2 unspecified atom stereocenters. The minimum absolute atomic E-state index is 0.0936. The summed E-state index contributed by atoms with van der Waals surface area (Å²) in [5, 5.41) is 10.3. The van der Waals surface area contributed by atoms with Crippen LogP contribution in [0.3, 0.4) is 0 Å². The number of hydrogen-bond acceptors (Lipinski definition) is 3. The molecule has 0 amide bonds. The molecule has 0 aromatic rings. The van der Waals surface area contributed by atoms with E-state index in [0.29, 0.717) is 16.7 Å². The van der Waals surface area contributed by atoms with E-state index >= 15 is 0 Å². The Labute approximate surface area is 241 Å². The SMILES string of the molecule is CCCCCCCCOC(S)C(C)CCC[C@@H](C)[C@H]1CC[C@H]2[C@@H]3CC=C4C[C@@H](O)CC[C@]4(C)[C@H]3CC[C@]12C. The molecule has 10 atom stereocenters. The summed E-state index contributed by atoms with van der Waals surface area (Å²) in [7, 11) is 0. The molecule has 38 heavy (non-hydrogen) atoms. The van der Waals surface area contributed by atoms with Gasteiger partial charge in [-0.1, -0.05) is 91.2 Å². The van der Waals surface area contributed by atoms with E-state index in [1.165, 1.54) is 96.3 Å². The zero-order valence-electron chi connectivity index (χ0n) is 25.7. The van der Waals surface area contributed by atoms with Crippen molar-refractivity contribution >= 4 is 12.6 Å². The first-order valence-electron chi connectivity index (χ1n) is 16.9. The van der Waals surface area contributed by atoms with Gasteiger partial charge in [0.05, 0.1) is 6.10 Å². The van der Waals surface area contributed by atoms with Crippen molar-refractivity contribution < 1.29 is 9.84 Å². The molecule has 0 aliphatic heterocycles. The zero-order valence-corrected chi connectivity index (χ0v) is 26.6. The van der Waals surface area contributed by atoms with Crippen LogP contribution in [-0.2, 0) is 4.74 Å². The summed E-state index contributed by atoms with van der Waals surface area (Å²) in [5.41, 5.74) is 2.60. The number of ether oxygens (including phenoxy) is 1. The molecule has 0 aromatic heterocycles. The lowest BCUT2D eigenvalue weighted by atomic mass is 9.47. The number of aliphatic hydroxyl groups is 1. The molecule has 0 radical (unpaired) electrons. The first-order valence-corrected chi connectivity index (χ1v) is 17.4. The first-order chi connectivity index (χ1) is 18.2. The molecular weight excluding hydrogens is 484 g/mol. The van der Waals surface area contributed by atoms with Gasteiger partial charge in [-0.3, -0.25) is 0 Å². The van der Waals surface area contributed by atoms with Gasteiger partial charge >= 0.3 is 0 Å². The third-order valence-corrected chi connectivity index (χ3v) is 13.1. The van der Waals surface area contributed by atoms with Crippen LogP contribution in [0.2, 0.25) is 0 Å². The van der Waals surface area contributed by atoms with Gasteiger partial charge in [-0.2, -0.15) is 0 Å². The first kappa shape index (κ1) is 31.0. The number of fused-ring (bicyclic) bond motifs is 5. The van der Waals surface area contributed by atoms with Crippen LogP contribution in [0.1, 0.15) is 144 Å². The largest absolute Gasteiger partial charge is 0.393 e. The molecule has 3 heteroatoms. The molecule has 0 heterocycles. The molecule has 0 bridgehead atoms. The van der Waals surface area contributed by atoms with Crippen LogP contribution in [0, 0.1) is 46.3 Å². The van der Waals surface area contributed by atoms with E-state index in [-0.39, 0.29) is 11.5 Å². The van der Waals surface area contributed by atoms with Crippen LogP contribution in [0.15, 0.2) is 11.6 Å². The van der Waals surface area contributed by atoms with E-state index in [9.17, 15) is 5.11 Å². The number of unbranched alkanes of at least 4 members (excludes halogenated alkanes) is 5. The Morgan fingerprint density at radius 1 is 0.947 bits per heavy atom. The Hall–Kier alpha value is 0.01000. The van der Waals surface area contributed by atoms with Crippen molar-refractivity contribution in [2.24, 2.45) is 46.3 Å². The maximum Gasteiger partial charge on any atom is 0.102 e. The van der Waals surface area contributed by atoms with E-state index in [1.807, 2.05) is 0 Å². The number of aliphatic hydroxyl groups excluding tert-OH is 1. The highest BCUT2D eigenvalue weighted by atomic mass is 32.1. The molecule has 220 valence electrons. The Morgan fingerprint density at radius 2 is 1.71 bits per heavy atom. The van der Waals surface area contributed by atoms with Gasteiger partial charge in [0, 0.05) is 6.61 Å². The molecule has 3 saturated carbocycles. The van der Waals surface area contributed by atoms with Crippen molar-refractivity contribution in [3.63, 3.8) is 0 Å². The summed E-state index contributed by atoms with van der Waals surface area (Å²) in [6, 6.07) is 0. The molecule has 3 fully saturated rings. The Morgan fingerprint density at radius 3 is 2.50 bits per heavy atom. The molecule has 4 rings (SSSR count). The predicted molar refractivity (Wildman–Crippen MR) is 165 cm³/mol. The zero-order chi connectivity index (χ0) is 27.3. The van der Waals surface area contributed by atoms with Crippen molar-refractivity contribution in [2.75, 3.05) is 6.61 Å². The highest BCUT2D eigenvalue weighted by Crippen LogP contribution is 2.67. The summed E-state index contributed by atoms with van der Waals surface area (Å²) in [6.45, 7) is 13.3. The van der Waals surface area contributed by atoms with Crippen LogP contribution in [0.25, 0.3) is 0 Å². The number of rotatable bonds is 14. The summed E-state index contributed by atoms with van der Waals surface area (Å²) in [6.07, 6.45) is 24.5. The van der Waals surface area contributed by atoms with Crippen LogP contribution in [0.4, 0.5) is 0 Å². The van der Waals surface area contributed by atoms with Crippen LogP contribution >= 0.6 is 12.6 Å². The lowest BCUT2D eigenvalue weighted by molar-refractivity contribution is -0.0573. The van der Waals surface area contributed by atoms with Crippen molar-refractivity contribution in [1.29, 1.82) is 0 Å². The fourth-order valence-electron chi connectivity index (χ4n) is 9.97. The van der Waals surface area contributed by atoms with Gasteiger partial charge in [0.1, 0.15) is 5.44 Å². The van der Waals surface area contributed by atoms with Crippen LogP contribution in [0.5, 0.6) is 0 Å². The normalized spacial score (nSPS) is 39.0. The number of hydrogen-bond donors (Lipinski definition) is 2. The minimum Gasteiger partial charge on any atom is -0.393 e. The maximum absolute atomic E-state index is 10.3. The molecule has 4 aliphatic rings. The summed E-state index contributed by atoms with van der Waals surface area (Å²) in [5.74, 6) is 4.89. The second-order valence-corrected chi connectivity index (χ2v) is 15.3. The quantitative estimate of drug-likeness (QED) is 0.0982. The van der Waals surface area contributed by atoms with Crippen molar-refractivity contribution in [1.82, 2.24) is 0 Å². The smallest absolute Gasteiger partial charge is 0.102 e. The molecular formula is C35H62O2S. The fraction of sp³-hybridized carbons (Fsp3) is 0.943. The molecule has 0 aromatic carbocycles.